The Balaban J connectivity index is 2.71. The normalized spacial score (nSPS) is 10.9. The highest BCUT2D eigenvalue weighted by Gasteiger charge is 2.20. The summed E-state index contributed by atoms with van der Waals surface area (Å²) < 4.78 is 3.57. The topological polar surface area (TPSA) is 60.1 Å². The molecule has 0 radical (unpaired) electrons. The zero-order chi connectivity index (χ0) is 14.2. The van der Waals surface area contributed by atoms with Gasteiger partial charge >= 0.3 is 5.97 Å². The summed E-state index contributed by atoms with van der Waals surface area (Å²) in [5, 5.41) is 13.5. The van der Waals surface area contributed by atoms with Crippen molar-refractivity contribution in [2.45, 2.75) is 26.7 Å². The molecule has 0 aliphatic heterocycles. The summed E-state index contributed by atoms with van der Waals surface area (Å²) in [7, 11) is 3.69. The molecule has 2 rings (SSSR count). The van der Waals surface area contributed by atoms with Gasteiger partial charge in [0.05, 0.1) is 11.9 Å². The van der Waals surface area contributed by atoms with Gasteiger partial charge in [-0.05, 0) is 24.5 Å². The first-order valence-electron chi connectivity index (χ1n) is 6.44. The van der Waals surface area contributed by atoms with Crippen molar-refractivity contribution in [1.82, 2.24) is 14.3 Å². The number of hydrogen-bond donors (Lipinski definition) is 1. The lowest BCUT2D eigenvalue weighted by atomic mass is 10.1. The molecule has 0 saturated carbocycles. The van der Waals surface area contributed by atoms with E-state index in [4.69, 9.17) is 0 Å². The molecule has 1 N–H and O–H groups in total. The molecule has 0 aliphatic carbocycles. The highest BCUT2D eigenvalue weighted by molar-refractivity contribution is 5.89. The van der Waals surface area contributed by atoms with Crippen LogP contribution in [0.1, 0.15) is 35.6 Å². The molecule has 0 aliphatic rings. The van der Waals surface area contributed by atoms with E-state index < -0.39 is 5.97 Å². The van der Waals surface area contributed by atoms with E-state index in [0.717, 1.165) is 35.4 Å². The second-order valence-corrected chi connectivity index (χ2v) is 4.60. The van der Waals surface area contributed by atoms with Crippen molar-refractivity contribution in [2.24, 2.45) is 14.1 Å². The predicted octanol–water partition coefficient (Wildman–Crippen LogP) is 2.25. The lowest BCUT2D eigenvalue weighted by Gasteiger charge is -2.08. The Kier molecular flexibility index (Phi) is 3.46. The zero-order valence-corrected chi connectivity index (χ0v) is 11.8. The maximum absolute atomic E-state index is 11.3. The van der Waals surface area contributed by atoms with E-state index in [9.17, 15) is 9.90 Å². The van der Waals surface area contributed by atoms with E-state index in [2.05, 4.69) is 12.0 Å². The number of nitrogens with zero attached hydrogens (tertiary/aromatic N) is 3. The fourth-order valence-electron chi connectivity index (χ4n) is 2.57. The Hall–Kier alpha value is -2.04. The van der Waals surface area contributed by atoms with E-state index >= 15 is 0 Å². The minimum atomic E-state index is -0.899. The molecule has 19 heavy (non-hydrogen) atoms. The maximum atomic E-state index is 11.3. The predicted molar refractivity (Wildman–Crippen MR) is 73.3 cm³/mol. The van der Waals surface area contributed by atoms with Crippen molar-refractivity contribution in [3.05, 3.63) is 29.2 Å². The highest BCUT2D eigenvalue weighted by Crippen LogP contribution is 2.30. The van der Waals surface area contributed by atoms with Crippen LogP contribution in [0.3, 0.4) is 0 Å². The molecule has 5 heteroatoms. The van der Waals surface area contributed by atoms with Gasteiger partial charge in [0, 0.05) is 25.4 Å². The SMILES string of the molecule is CCc1cnn(C)c1-c1cc(C(=O)O)n(C)c1CC. The highest BCUT2D eigenvalue weighted by atomic mass is 16.4. The summed E-state index contributed by atoms with van der Waals surface area (Å²) >= 11 is 0. The van der Waals surface area contributed by atoms with Gasteiger partial charge in [-0.3, -0.25) is 4.68 Å². The molecule has 0 fully saturated rings. The lowest BCUT2D eigenvalue weighted by molar-refractivity contribution is 0.0686. The van der Waals surface area contributed by atoms with Crippen LogP contribution in [0.4, 0.5) is 0 Å². The van der Waals surface area contributed by atoms with Crippen LogP contribution in [0, 0.1) is 0 Å². The molecule has 0 atom stereocenters. The van der Waals surface area contributed by atoms with Gasteiger partial charge in [0.25, 0.3) is 0 Å². The number of carboxylic acid groups (broad SMARTS) is 1. The first-order valence-corrected chi connectivity index (χ1v) is 6.44. The van der Waals surface area contributed by atoms with Crippen LogP contribution < -0.4 is 0 Å². The van der Waals surface area contributed by atoms with Gasteiger partial charge < -0.3 is 9.67 Å². The molecule has 2 aromatic rings. The van der Waals surface area contributed by atoms with Gasteiger partial charge in [-0.25, -0.2) is 4.79 Å². The number of rotatable bonds is 4. The number of aromatic nitrogens is 3. The summed E-state index contributed by atoms with van der Waals surface area (Å²) in [6.45, 7) is 4.11. The maximum Gasteiger partial charge on any atom is 0.352 e. The van der Waals surface area contributed by atoms with Crippen LogP contribution >= 0.6 is 0 Å². The number of aryl methyl sites for hydroxylation is 2. The molecular weight excluding hydrogens is 242 g/mol. The fourth-order valence-corrected chi connectivity index (χ4v) is 2.57. The molecule has 2 aromatic heterocycles. The summed E-state index contributed by atoms with van der Waals surface area (Å²) in [5.41, 5.74) is 4.47. The van der Waals surface area contributed by atoms with Crippen LogP contribution in [0.2, 0.25) is 0 Å². The number of carbonyl (C=O) groups is 1. The molecule has 2 heterocycles. The van der Waals surface area contributed by atoms with Crippen LogP contribution in [0.5, 0.6) is 0 Å². The van der Waals surface area contributed by atoms with Crippen LogP contribution in [0.25, 0.3) is 11.3 Å². The average Bonchev–Trinajstić information content (AvgIpc) is 2.89. The zero-order valence-electron chi connectivity index (χ0n) is 11.8. The van der Waals surface area contributed by atoms with Crippen molar-refractivity contribution in [2.75, 3.05) is 0 Å². The van der Waals surface area contributed by atoms with Crippen molar-refractivity contribution < 1.29 is 9.90 Å². The third-order valence-corrected chi connectivity index (χ3v) is 3.56. The summed E-state index contributed by atoms with van der Waals surface area (Å²) in [5.74, 6) is -0.899. The summed E-state index contributed by atoms with van der Waals surface area (Å²) in [4.78, 5) is 11.3. The first kappa shape index (κ1) is 13.4. The van der Waals surface area contributed by atoms with Gasteiger partial charge in [-0.2, -0.15) is 5.10 Å². The third kappa shape index (κ3) is 2.05. The molecule has 0 amide bonds. The quantitative estimate of drug-likeness (QED) is 0.918. The van der Waals surface area contributed by atoms with E-state index in [0.29, 0.717) is 5.69 Å². The van der Waals surface area contributed by atoms with Crippen LogP contribution in [-0.4, -0.2) is 25.4 Å². The minimum Gasteiger partial charge on any atom is -0.477 e. The standard InChI is InChI=1S/C14H19N3O2/c1-5-9-8-15-17(4)13(9)10-7-12(14(18)19)16(3)11(10)6-2/h7-8H,5-6H2,1-4H3,(H,18,19). The molecule has 0 unspecified atom stereocenters. The Morgan fingerprint density at radius 2 is 2.00 bits per heavy atom. The monoisotopic (exact) mass is 261 g/mol. The Bertz CT molecular complexity index is 623. The molecule has 0 saturated heterocycles. The summed E-state index contributed by atoms with van der Waals surface area (Å²) in [6.07, 6.45) is 3.51. The Labute approximate surface area is 112 Å². The minimum absolute atomic E-state index is 0.315. The van der Waals surface area contributed by atoms with Crippen LogP contribution in [0.15, 0.2) is 12.3 Å². The third-order valence-electron chi connectivity index (χ3n) is 3.56. The lowest BCUT2D eigenvalue weighted by Crippen LogP contribution is -2.06. The van der Waals surface area contributed by atoms with Gasteiger partial charge in [0.15, 0.2) is 0 Å². The number of carboxylic acids is 1. The van der Waals surface area contributed by atoms with Gasteiger partial charge in [-0.15, -0.1) is 0 Å². The molecule has 0 bridgehead atoms. The Morgan fingerprint density at radius 3 is 2.53 bits per heavy atom. The van der Waals surface area contributed by atoms with E-state index in [1.165, 1.54) is 0 Å². The summed E-state index contributed by atoms with van der Waals surface area (Å²) in [6, 6.07) is 1.75. The average molecular weight is 261 g/mol. The first-order chi connectivity index (χ1) is 9.01. The molecule has 0 aromatic carbocycles. The smallest absolute Gasteiger partial charge is 0.352 e. The van der Waals surface area contributed by atoms with Gasteiger partial charge in [0.2, 0.25) is 0 Å². The number of aromatic carboxylic acids is 1. The largest absolute Gasteiger partial charge is 0.477 e. The van der Waals surface area contributed by atoms with E-state index in [-0.39, 0.29) is 0 Å². The van der Waals surface area contributed by atoms with Gasteiger partial charge in [0.1, 0.15) is 5.69 Å². The Morgan fingerprint density at radius 1 is 1.32 bits per heavy atom. The second kappa shape index (κ2) is 4.91. The van der Waals surface area contributed by atoms with E-state index in [1.54, 1.807) is 17.7 Å². The van der Waals surface area contributed by atoms with Gasteiger partial charge in [-0.1, -0.05) is 13.8 Å². The molecule has 5 nitrogen and oxygen atoms in total. The second-order valence-electron chi connectivity index (χ2n) is 4.60. The molecular formula is C14H19N3O2. The molecule has 0 spiro atoms. The van der Waals surface area contributed by atoms with Crippen molar-refractivity contribution in [3.63, 3.8) is 0 Å². The van der Waals surface area contributed by atoms with Crippen molar-refractivity contribution >= 4 is 5.97 Å². The van der Waals surface area contributed by atoms with Crippen LogP contribution in [-0.2, 0) is 26.9 Å². The fraction of sp³-hybridized carbons (Fsp3) is 0.429. The van der Waals surface area contributed by atoms with Crippen molar-refractivity contribution in [3.8, 4) is 11.3 Å². The molecule has 102 valence electrons. The number of hydrogen-bond acceptors (Lipinski definition) is 2. The van der Waals surface area contributed by atoms with Crippen molar-refractivity contribution in [1.29, 1.82) is 0 Å². The van der Waals surface area contributed by atoms with E-state index in [1.807, 2.05) is 24.9 Å².